The maximum Gasteiger partial charge on any atom is 0.242 e. The standard InChI is InChI=1S/C23H22N6O/c1-13-10-24-8-7-16(13)21-26-11-18(28-21)15-5-6-17-19(9-15)29(22(30)23(17,3)4)20-12-25-14(2)27-20/h5-12H,1-4H3,(H,25,27)(H,26,28). The molecule has 3 aromatic heterocycles. The molecule has 1 amide bonds. The van der Waals surface area contributed by atoms with Crippen LogP contribution in [0.15, 0.2) is 49.1 Å². The first-order chi connectivity index (χ1) is 14.4. The van der Waals surface area contributed by atoms with Gasteiger partial charge in [-0.05, 0) is 51.0 Å². The first kappa shape index (κ1) is 18.3. The number of fused-ring (bicyclic) bond motifs is 1. The van der Waals surface area contributed by atoms with E-state index in [2.05, 4.69) is 19.9 Å². The number of nitrogens with zero attached hydrogens (tertiary/aromatic N) is 4. The molecule has 0 unspecified atom stereocenters. The summed E-state index contributed by atoms with van der Waals surface area (Å²) in [5.41, 5.74) is 5.04. The number of hydrogen-bond donors (Lipinski definition) is 2. The zero-order valence-electron chi connectivity index (χ0n) is 17.3. The zero-order valence-corrected chi connectivity index (χ0v) is 17.3. The van der Waals surface area contributed by atoms with E-state index in [9.17, 15) is 4.79 Å². The van der Waals surface area contributed by atoms with E-state index in [0.717, 1.165) is 45.3 Å². The maximum atomic E-state index is 13.2. The van der Waals surface area contributed by atoms with Crippen molar-refractivity contribution in [2.45, 2.75) is 33.1 Å². The van der Waals surface area contributed by atoms with Gasteiger partial charge in [0.1, 0.15) is 11.6 Å². The number of rotatable bonds is 3. The number of pyridine rings is 1. The van der Waals surface area contributed by atoms with Crippen molar-refractivity contribution in [1.29, 1.82) is 0 Å². The molecule has 0 fully saturated rings. The van der Waals surface area contributed by atoms with Crippen LogP contribution in [-0.4, -0.2) is 30.8 Å². The maximum absolute atomic E-state index is 13.2. The van der Waals surface area contributed by atoms with Crippen LogP contribution in [0.3, 0.4) is 0 Å². The van der Waals surface area contributed by atoms with Gasteiger partial charge in [-0.15, -0.1) is 0 Å². The Balaban J connectivity index is 1.60. The average molecular weight is 398 g/mol. The summed E-state index contributed by atoms with van der Waals surface area (Å²) in [7, 11) is 0. The summed E-state index contributed by atoms with van der Waals surface area (Å²) in [5, 5.41) is 0. The topological polar surface area (TPSA) is 90.6 Å². The minimum Gasteiger partial charge on any atom is -0.347 e. The fourth-order valence-electron chi connectivity index (χ4n) is 4.00. The molecule has 5 rings (SSSR count). The summed E-state index contributed by atoms with van der Waals surface area (Å²) in [6.45, 7) is 7.79. The number of amides is 1. The van der Waals surface area contributed by atoms with E-state index >= 15 is 0 Å². The highest BCUT2D eigenvalue weighted by molar-refractivity contribution is 6.12. The number of aryl methyl sites for hydroxylation is 2. The fourth-order valence-corrected chi connectivity index (χ4v) is 4.00. The van der Waals surface area contributed by atoms with Gasteiger partial charge >= 0.3 is 0 Å². The molecule has 30 heavy (non-hydrogen) atoms. The van der Waals surface area contributed by atoms with Crippen molar-refractivity contribution in [3.8, 4) is 22.6 Å². The second kappa shape index (κ2) is 6.38. The molecule has 1 aliphatic heterocycles. The fraction of sp³-hybridized carbons (Fsp3) is 0.217. The normalized spacial score (nSPS) is 14.9. The number of benzene rings is 1. The quantitative estimate of drug-likeness (QED) is 0.534. The molecule has 0 bridgehead atoms. The number of anilines is 2. The van der Waals surface area contributed by atoms with Gasteiger partial charge in [0.15, 0.2) is 5.82 Å². The van der Waals surface area contributed by atoms with Crippen LogP contribution in [0.4, 0.5) is 11.5 Å². The van der Waals surface area contributed by atoms with Crippen LogP contribution in [-0.2, 0) is 10.2 Å². The van der Waals surface area contributed by atoms with Crippen LogP contribution in [0, 0.1) is 13.8 Å². The molecule has 4 aromatic rings. The Labute approximate surface area is 174 Å². The number of carbonyl (C=O) groups excluding carboxylic acids is 1. The lowest BCUT2D eigenvalue weighted by Crippen LogP contribution is -2.33. The molecule has 0 radical (unpaired) electrons. The average Bonchev–Trinajstić information content (AvgIpc) is 3.41. The van der Waals surface area contributed by atoms with Gasteiger partial charge in [0.2, 0.25) is 5.91 Å². The minimum atomic E-state index is -0.619. The van der Waals surface area contributed by atoms with Gasteiger partial charge in [-0.1, -0.05) is 12.1 Å². The van der Waals surface area contributed by atoms with Gasteiger partial charge in [-0.3, -0.25) is 14.7 Å². The number of aromatic amines is 2. The van der Waals surface area contributed by atoms with Crippen molar-refractivity contribution in [1.82, 2.24) is 24.9 Å². The summed E-state index contributed by atoms with van der Waals surface area (Å²) in [5.74, 6) is 2.18. The predicted octanol–water partition coefficient (Wildman–Crippen LogP) is 4.43. The van der Waals surface area contributed by atoms with Gasteiger partial charge < -0.3 is 9.97 Å². The van der Waals surface area contributed by atoms with Crippen LogP contribution < -0.4 is 4.90 Å². The lowest BCUT2D eigenvalue weighted by Gasteiger charge is -2.18. The second-order valence-electron chi connectivity index (χ2n) is 8.17. The van der Waals surface area contributed by atoms with Crippen molar-refractivity contribution in [2.24, 2.45) is 0 Å². The first-order valence-electron chi connectivity index (χ1n) is 9.84. The molecule has 2 N–H and O–H groups in total. The molecular weight excluding hydrogens is 376 g/mol. The van der Waals surface area contributed by atoms with Crippen LogP contribution >= 0.6 is 0 Å². The predicted molar refractivity (Wildman–Crippen MR) is 115 cm³/mol. The van der Waals surface area contributed by atoms with E-state index < -0.39 is 5.41 Å². The molecule has 0 atom stereocenters. The van der Waals surface area contributed by atoms with E-state index in [1.807, 2.05) is 64.4 Å². The van der Waals surface area contributed by atoms with Gasteiger partial charge in [0, 0.05) is 35.9 Å². The molecule has 0 spiro atoms. The number of nitrogens with one attached hydrogen (secondary N) is 2. The second-order valence-corrected chi connectivity index (χ2v) is 8.17. The van der Waals surface area contributed by atoms with Crippen LogP contribution in [0.2, 0.25) is 0 Å². The number of imidazole rings is 2. The first-order valence-corrected chi connectivity index (χ1v) is 9.84. The summed E-state index contributed by atoms with van der Waals surface area (Å²) < 4.78 is 0. The third kappa shape index (κ3) is 2.66. The Morgan fingerprint density at radius 3 is 2.60 bits per heavy atom. The molecule has 1 aliphatic rings. The highest BCUT2D eigenvalue weighted by Gasteiger charge is 2.45. The molecule has 0 saturated heterocycles. The lowest BCUT2D eigenvalue weighted by molar-refractivity contribution is -0.121. The smallest absolute Gasteiger partial charge is 0.242 e. The van der Waals surface area contributed by atoms with E-state index in [1.54, 1.807) is 17.3 Å². The molecule has 150 valence electrons. The molecule has 4 heterocycles. The van der Waals surface area contributed by atoms with Crippen molar-refractivity contribution >= 4 is 17.4 Å². The van der Waals surface area contributed by atoms with Crippen molar-refractivity contribution in [2.75, 3.05) is 4.90 Å². The molecular formula is C23H22N6O. The Hall–Kier alpha value is -3.74. The largest absolute Gasteiger partial charge is 0.347 e. The Morgan fingerprint density at radius 1 is 1.03 bits per heavy atom. The number of H-pyrrole nitrogens is 2. The SMILES string of the molecule is Cc1nc(N2C(=O)C(C)(C)c3ccc(-c4c[nH]c(-c5ccncc5C)n4)cc32)c[nH]1. The van der Waals surface area contributed by atoms with Crippen molar-refractivity contribution in [3.05, 3.63) is 66.0 Å². The van der Waals surface area contributed by atoms with Gasteiger partial charge in [0.25, 0.3) is 0 Å². The van der Waals surface area contributed by atoms with Gasteiger partial charge in [-0.2, -0.15) is 0 Å². The molecule has 0 saturated carbocycles. The summed E-state index contributed by atoms with van der Waals surface area (Å²) >= 11 is 0. The summed E-state index contributed by atoms with van der Waals surface area (Å²) in [6, 6.07) is 8.01. The van der Waals surface area contributed by atoms with Crippen LogP contribution in [0.25, 0.3) is 22.6 Å². The lowest BCUT2D eigenvalue weighted by atomic mass is 9.86. The Kier molecular flexibility index (Phi) is 3.89. The summed E-state index contributed by atoms with van der Waals surface area (Å²) in [6.07, 6.45) is 7.24. The van der Waals surface area contributed by atoms with Gasteiger partial charge in [0.05, 0.1) is 16.8 Å². The van der Waals surface area contributed by atoms with Crippen molar-refractivity contribution in [3.63, 3.8) is 0 Å². The number of aromatic nitrogens is 5. The van der Waals surface area contributed by atoms with Crippen LogP contribution in [0.1, 0.15) is 30.8 Å². The van der Waals surface area contributed by atoms with E-state index in [4.69, 9.17) is 4.98 Å². The molecule has 0 aliphatic carbocycles. The number of carbonyl (C=O) groups is 1. The van der Waals surface area contributed by atoms with E-state index in [1.165, 1.54) is 0 Å². The Morgan fingerprint density at radius 2 is 1.87 bits per heavy atom. The highest BCUT2D eigenvalue weighted by atomic mass is 16.2. The van der Waals surface area contributed by atoms with Crippen LogP contribution in [0.5, 0.6) is 0 Å². The zero-order chi connectivity index (χ0) is 21.0. The third-order valence-corrected chi connectivity index (χ3v) is 5.72. The van der Waals surface area contributed by atoms with E-state index in [-0.39, 0.29) is 5.91 Å². The van der Waals surface area contributed by atoms with Gasteiger partial charge in [-0.25, -0.2) is 9.97 Å². The monoisotopic (exact) mass is 398 g/mol. The third-order valence-electron chi connectivity index (χ3n) is 5.72. The highest BCUT2D eigenvalue weighted by Crippen LogP contribution is 2.46. The Bertz CT molecular complexity index is 1280. The van der Waals surface area contributed by atoms with E-state index in [0.29, 0.717) is 5.82 Å². The minimum absolute atomic E-state index is 0.0104. The summed E-state index contributed by atoms with van der Waals surface area (Å²) in [4.78, 5) is 34.7. The molecule has 7 heteroatoms. The molecule has 1 aromatic carbocycles. The number of hydrogen-bond acceptors (Lipinski definition) is 4. The van der Waals surface area contributed by atoms with Crippen molar-refractivity contribution < 1.29 is 4.79 Å². The molecule has 7 nitrogen and oxygen atoms in total.